The Labute approximate surface area is 137 Å². The Morgan fingerprint density at radius 2 is 2.13 bits per heavy atom. The molecule has 1 fully saturated rings. The lowest BCUT2D eigenvalue weighted by molar-refractivity contribution is -0.120. The maximum Gasteiger partial charge on any atom is 0.224 e. The number of benzene rings is 1. The van der Waals surface area contributed by atoms with Crippen molar-refractivity contribution in [3.05, 3.63) is 23.8 Å². The predicted octanol–water partition coefficient (Wildman–Crippen LogP) is 0.941. The van der Waals surface area contributed by atoms with Crippen LogP contribution in [0.4, 0.5) is 0 Å². The van der Waals surface area contributed by atoms with Crippen LogP contribution in [0.25, 0.3) is 0 Å². The molecule has 2 rings (SSSR count). The van der Waals surface area contributed by atoms with E-state index in [9.17, 15) is 4.79 Å². The van der Waals surface area contributed by atoms with Crippen molar-refractivity contribution in [1.29, 1.82) is 0 Å². The van der Waals surface area contributed by atoms with E-state index in [1.54, 1.807) is 14.2 Å². The molecule has 1 aromatic rings. The highest BCUT2D eigenvalue weighted by molar-refractivity contribution is 5.78. The molecule has 6 heteroatoms. The first-order valence-corrected chi connectivity index (χ1v) is 7.86. The second-order valence-corrected chi connectivity index (χ2v) is 5.87. The quantitative estimate of drug-likeness (QED) is 0.845. The minimum absolute atomic E-state index is 0.00381. The van der Waals surface area contributed by atoms with E-state index in [1.807, 2.05) is 18.2 Å². The van der Waals surface area contributed by atoms with Crippen LogP contribution in [0.2, 0.25) is 0 Å². The standard InChI is InChI=1S/C17H26N2O4/c1-19-6-7-23-12-14(11-19)10-18-17(20)9-13-4-5-15(21-2)16(8-13)22-3/h4-5,8,14H,6-7,9-12H2,1-3H3,(H,18,20). The zero-order chi connectivity index (χ0) is 16.7. The number of likely N-dealkylation sites (N-methyl/N-ethyl adjacent to an activating group) is 1. The molecule has 0 saturated carbocycles. The fourth-order valence-corrected chi connectivity index (χ4v) is 2.68. The first-order valence-electron chi connectivity index (χ1n) is 7.86. The molecule has 1 saturated heterocycles. The van der Waals surface area contributed by atoms with Crippen molar-refractivity contribution in [2.45, 2.75) is 6.42 Å². The summed E-state index contributed by atoms with van der Waals surface area (Å²) in [6, 6.07) is 5.53. The molecule has 0 aromatic heterocycles. The van der Waals surface area contributed by atoms with E-state index in [-0.39, 0.29) is 5.91 Å². The first-order chi connectivity index (χ1) is 11.1. The number of rotatable bonds is 6. The Balaban J connectivity index is 1.84. The summed E-state index contributed by atoms with van der Waals surface area (Å²) in [7, 11) is 5.26. The Morgan fingerprint density at radius 3 is 2.87 bits per heavy atom. The summed E-state index contributed by atoms with van der Waals surface area (Å²) < 4.78 is 16.0. The Hall–Kier alpha value is -1.79. The number of amides is 1. The van der Waals surface area contributed by atoms with Crippen LogP contribution >= 0.6 is 0 Å². The molecule has 0 aliphatic carbocycles. The van der Waals surface area contributed by atoms with E-state index in [1.165, 1.54) is 0 Å². The zero-order valence-electron chi connectivity index (χ0n) is 14.1. The number of hydrogen-bond acceptors (Lipinski definition) is 5. The SMILES string of the molecule is COc1ccc(CC(=O)NCC2COCCN(C)C2)cc1OC. The van der Waals surface area contributed by atoms with Gasteiger partial charge in [-0.05, 0) is 24.7 Å². The molecule has 1 amide bonds. The van der Waals surface area contributed by atoms with Crippen LogP contribution < -0.4 is 14.8 Å². The number of carbonyl (C=O) groups excluding carboxylic acids is 1. The lowest BCUT2D eigenvalue weighted by Crippen LogP contribution is -2.36. The third kappa shape index (κ3) is 5.41. The lowest BCUT2D eigenvalue weighted by atomic mass is 10.1. The second kappa shape index (κ2) is 8.74. The second-order valence-electron chi connectivity index (χ2n) is 5.87. The van der Waals surface area contributed by atoms with Crippen molar-refractivity contribution in [2.24, 2.45) is 5.92 Å². The number of methoxy groups -OCH3 is 2. The van der Waals surface area contributed by atoms with Crippen LogP contribution in [0.5, 0.6) is 11.5 Å². The molecule has 1 N–H and O–H groups in total. The molecule has 0 spiro atoms. The number of hydrogen-bond donors (Lipinski definition) is 1. The minimum Gasteiger partial charge on any atom is -0.493 e. The van der Waals surface area contributed by atoms with Crippen molar-refractivity contribution >= 4 is 5.91 Å². The highest BCUT2D eigenvalue weighted by Crippen LogP contribution is 2.27. The molecule has 1 heterocycles. The van der Waals surface area contributed by atoms with Crippen LogP contribution in [0.15, 0.2) is 18.2 Å². The van der Waals surface area contributed by atoms with Gasteiger partial charge in [-0.15, -0.1) is 0 Å². The Morgan fingerprint density at radius 1 is 1.35 bits per heavy atom. The van der Waals surface area contributed by atoms with Gasteiger partial charge in [0.2, 0.25) is 5.91 Å². The summed E-state index contributed by atoms with van der Waals surface area (Å²) in [6.07, 6.45) is 0.323. The summed E-state index contributed by atoms with van der Waals surface area (Å²) in [5.74, 6) is 1.63. The van der Waals surface area contributed by atoms with Crippen LogP contribution in [-0.4, -0.2) is 64.9 Å². The summed E-state index contributed by atoms with van der Waals surface area (Å²) in [5.41, 5.74) is 0.898. The third-order valence-corrected chi connectivity index (χ3v) is 3.94. The highest BCUT2D eigenvalue weighted by atomic mass is 16.5. The average molecular weight is 322 g/mol. The fraction of sp³-hybridized carbons (Fsp3) is 0.588. The van der Waals surface area contributed by atoms with Crippen LogP contribution in [0.1, 0.15) is 5.56 Å². The zero-order valence-corrected chi connectivity index (χ0v) is 14.1. The number of nitrogens with zero attached hydrogens (tertiary/aromatic N) is 1. The van der Waals surface area contributed by atoms with Gasteiger partial charge in [0.05, 0.1) is 33.9 Å². The topological polar surface area (TPSA) is 60.0 Å². The summed E-state index contributed by atoms with van der Waals surface area (Å²) in [4.78, 5) is 14.4. The van der Waals surface area contributed by atoms with Crippen LogP contribution in [-0.2, 0) is 16.0 Å². The summed E-state index contributed by atoms with van der Waals surface area (Å²) in [5, 5.41) is 3.00. The fourth-order valence-electron chi connectivity index (χ4n) is 2.68. The monoisotopic (exact) mass is 322 g/mol. The molecule has 128 valence electrons. The van der Waals surface area contributed by atoms with Gasteiger partial charge in [-0.1, -0.05) is 6.07 Å². The molecular weight excluding hydrogens is 296 g/mol. The molecular formula is C17H26N2O4. The number of carbonyl (C=O) groups is 1. The van der Waals surface area contributed by atoms with Crippen molar-refractivity contribution in [3.63, 3.8) is 0 Å². The molecule has 1 atom stereocenters. The van der Waals surface area contributed by atoms with Gasteiger partial charge in [0, 0.05) is 25.6 Å². The van der Waals surface area contributed by atoms with Crippen molar-refractivity contribution in [1.82, 2.24) is 10.2 Å². The first kappa shape index (κ1) is 17.6. The molecule has 0 radical (unpaired) electrons. The molecule has 6 nitrogen and oxygen atoms in total. The van der Waals surface area contributed by atoms with Gasteiger partial charge in [-0.3, -0.25) is 4.79 Å². The largest absolute Gasteiger partial charge is 0.493 e. The van der Waals surface area contributed by atoms with Crippen LogP contribution in [0.3, 0.4) is 0 Å². The molecule has 1 unspecified atom stereocenters. The van der Waals surface area contributed by atoms with Crippen molar-refractivity contribution in [3.8, 4) is 11.5 Å². The number of nitrogens with one attached hydrogen (secondary N) is 1. The van der Waals surface area contributed by atoms with Gasteiger partial charge < -0.3 is 24.4 Å². The van der Waals surface area contributed by atoms with E-state index in [2.05, 4.69) is 17.3 Å². The normalized spacial score (nSPS) is 19.0. The average Bonchev–Trinajstić information content (AvgIpc) is 2.77. The maximum absolute atomic E-state index is 12.1. The maximum atomic E-state index is 12.1. The highest BCUT2D eigenvalue weighted by Gasteiger charge is 2.17. The van der Waals surface area contributed by atoms with E-state index in [4.69, 9.17) is 14.2 Å². The molecule has 23 heavy (non-hydrogen) atoms. The smallest absolute Gasteiger partial charge is 0.224 e. The molecule has 0 bridgehead atoms. The van der Waals surface area contributed by atoms with E-state index in [0.29, 0.717) is 37.0 Å². The van der Waals surface area contributed by atoms with Crippen molar-refractivity contribution in [2.75, 3.05) is 54.1 Å². The van der Waals surface area contributed by atoms with Crippen LogP contribution in [0, 0.1) is 5.92 Å². The predicted molar refractivity (Wildman–Crippen MR) is 88.1 cm³/mol. The number of ether oxygens (including phenoxy) is 3. The van der Waals surface area contributed by atoms with Gasteiger partial charge in [-0.2, -0.15) is 0 Å². The Bertz CT molecular complexity index is 521. The molecule has 1 aromatic carbocycles. The van der Waals surface area contributed by atoms with Gasteiger partial charge in [0.15, 0.2) is 11.5 Å². The van der Waals surface area contributed by atoms with Gasteiger partial charge >= 0.3 is 0 Å². The third-order valence-electron chi connectivity index (χ3n) is 3.94. The van der Waals surface area contributed by atoms with Crippen molar-refractivity contribution < 1.29 is 19.0 Å². The lowest BCUT2D eigenvalue weighted by Gasteiger charge is -2.19. The molecule has 1 aliphatic heterocycles. The van der Waals surface area contributed by atoms with Gasteiger partial charge in [-0.25, -0.2) is 0 Å². The Kier molecular flexibility index (Phi) is 6.67. The summed E-state index contributed by atoms with van der Waals surface area (Å²) in [6.45, 7) is 3.97. The van der Waals surface area contributed by atoms with E-state index in [0.717, 1.165) is 25.3 Å². The van der Waals surface area contributed by atoms with Gasteiger partial charge in [0.1, 0.15) is 0 Å². The summed E-state index contributed by atoms with van der Waals surface area (Å²) >= 11 is 0. The van der Waals surface area contributed by atoms with E-state index >= 15 is 0 Å². The minimum atomic E-state index is 0.00381. The molecule has 1 aliphatic rings. The van der Waals surface area contributed by atoms with E-state index < -0.39 is 0 Å². The van der Waals surface area contributed by atoms with Gasteiger partial charge in [0.25, 0.3) is 0 Å².